The van der Waals surface area contributed by atoms with Crippen LogP contribution >= 0.6 is 0 Å². The lowest BCUT2D eigenvalue weighted by Crippen LogP contribution is -2.40. The Kier molecular flexibility index (Phi) is 48.5. The Hall–Kier alpha value is -12.7. The molecule has 0 bridgehead atoms. The molecule has 0 heterocycles. The summed E-state index contributed by atoms with van der Waals surface area (Å²) < 4.78 is 466. The monoisotopic (exact) mass is 2300 g/mol. The van der Waals surface area contributed by atoms with Crippen molar-refractivity contribution in [3.8, 4) is 23.0 Å². The van der Waals surface area contributed by atoms with Crippen molar-refractivity contribution < 1.29 is 257 Å². The average Bonchev–Trinajstić information content (AvgIpc) is 0.748. The third-order valence-electron chi connectivity index (χ3n) is 18.8. The number of halogens is 18. The van der Waals surface area contributed by atoms with Crippen LogP contribution in [0, 0.1) is 69.2 Å². The summed E-state index contributed by atoms with van der Waals surface area (Å²) in [5.74, 6) is -23.7. The lowest BCUT2D eigenvalue weighted by Gasteiger charge is -2.30. The van der Waals surface area contributed by atoms with E-state index in [4.69, 9.17) is 18.9 Å². The van der Waals surface area contributed by atoms with Crippen LogP contribution in [0.3, 0.4) is 0 Å². The third-order valence-corrected chi connectivity index (χ3v) is 23.1. The minimum absolute atomic E-state index is 0.0316. The summed E-state index contributed by atoms with van der Waals surface area (Å²) in [6.07, 6.45) is -50.0. The molecule has 6 unspecified atom stereocenters. The number of amides is 3. The first kappa shape index (κ1) is 135. The Bertz CT molecular complexity index is 6670. The minimum Gasteiger partial charge on any atom is -0.748 e. The van der Waals surface area contributed by atoms with Gasteiger partial charge in [-0.25, -0.2) is 79.3 Å². The normalized spacial score (nSPS) is 13.2. The van der Waals surface area contributed by atoms with E-state index in [0.29, 0.717) is 33.4 Å². The molecule has 0 aliphatic rings. The smallest absolute Gasteiger partial charge is 0.426 e. The zero-order chi connectivity index (χ0) is 117. The second-order valence-electron chi connectivity index (χ2n) is 31.2. The predicted molar refractivity (Wildman–Crippen MR) is 473 cm³/mol. The number of hydrogen-bond donors (Lipinski definition) is 1. The fourth-order valence-electron chi connectivity index (χ4n) is 12.1. The van der Waals surface area contributed by atoms with E-state index in [-0.39, 0.29) is 84.6 Å². The molecule has 0 fully saturated rings. The minimum atomic E-state index is -5.38. The van der Waals surface area contributed by atoms with Crippen molar-refractivity contribution in [2.24, 2.45) is 0 Å². The maximum Gasteiger partial charge on any atom is 0.426 e. The summed E-state index contributed by atoms with van der Waals surface area (Å²) in [6.45, 7) is 21.0. The molecule has 0 radical (unpaired) electrons. The molecule has 1 N–H and O–H groups in total. The van der Waals surface area contributed by atoms with Crippen LogP contribution in [-0.4, -0.2) is 280 Å². The Morgan fingerprint density at radius 2 is 0.567 bits per heavy atom. The Labute approximate surface area is 842 Å². The van der Waals surface area contributed by atoms with Gasteiger partial charge in [-0.3, -0.25) is 24.0 Å². The molecule has 66 heteroatoms. The van der Waals surface area contributed by atoms with Gasteiger partial charge in [0.15, 0.2) is 0 Å². The second kappa shape index (κ2) is 53.8. The molecular weight excluding hydrogens is 2210 g/mol. The van der Waals surface area contributed by atoms with Gasteiger partial charge in [0.2, 0.25) is 54.3 Å². The van der Waals surface area contributed by atoms with Gasteiger partial charge in [-0.2, -0.15) is 79.0 Å². The van der Waals surface area contributed by atoms with Crippen molar-refractivity contribution in [1.29, 1.82) is 0 Å². The zero-order valence-corrected chi connectivity index (χ0v) is 85.7. The number of carbonyl (C=O) groups is 11. The first-order chi connectivity index (χ1) is 67.4. The van der Waals surface area contributed by atoms with Gasteiger partial charge >= 0.3 is 84.8 Å². The molecular formula is C84H89F18N3O39S6-6. The standard InChI is InChI=1S/C19H25F3N2O7S.C15H18F3NO6S.2C13H13F3O7S.2C12H13F3O6S/c1-9-15(18(27)31-14(19(20,21)22)8-32(28,29)30)10(2)17(24(7)13(5)26)11(3)16(9)23(6)12(4)25;1-7-5-8(2)13(19-10(4)20)9(3)12(7)14(21)25-11(15(16,17)18)6-26(22,23)24;1-7-3-4-9(5-10(7)22-8(2)17)12(18)23-11(13(14,15)16)6-24(19,20)21;1-7-3-4-9(10(5-7)22-8(2)17)12(18)23-11(13(14,15)16)6-24(19,20)21;1-7-3-4-8(5-9(7)20-2)11(16)21-10(12(13,14)15)6-22(17,18)19;1-7-3-4-8(9(5-7)20-2)11(16)21-10(12(13,14)15)6-22(17,18)19/h14H,8H2,1-7H3,(H,28,29,30);5,11H,6H2,1-4H3,(H,19,20)(H,22,23,24);2*3-5,11H,6H2,1-2H3,(H,19,20,21);2*3-5,10H,6H2,1-2H3,(H,17,18,19)/p-6. The number of aryl methyl sites for hydroxylation is 6. The Morgan fingerprint density at radius 1 is 0.307 bits per heavy atom. The number of hydrogen-bond acceptors (Lipinski definition) is 39. The number of nitrogens with one attached hydrogen (secondary N) is 1. The fourth-order valence-corrected chi connectivity index (χ4v) is 15.8. The highest BCUT2D eigenvalue weighted by Crippen LogP contribution is 2.42. The van der Waals surface area contributed by atoms with Crippen LogP contribution in [0.1, 0.15) is 152 Å². The highest BCUT2D eigenvalue weighted by Gasteiger charge is 2.51. The number of esters is 8. The summed E-state index contributed by atoms with van der Waals surface area (Å²) in [6, 6.07) is 16.2. The van der Waals surface area contributed by atoms with Crippen molar-refractivity contribution in [1.82, 2.24) is 0 Å². The number of anilines is 3. The number of rotatable bonds is 31. The lowest BCUT2D eigenvalue weighted by atomic mass is 9.93. The molecule has 42 nitrogen and oxygen atoms in total. The van der Waals surface area contributed by atoms with Gasteiger partial charge in [0.05, 0.1) is 143 Å². The van der Waals surface area contributed by atoms with Crippen molar-refractivity contribution in [3.63, 3.8) is 0 Å². The van der Waals surface area contributed by atoms with Crippen molar-refractivity contribution in [2.45, 2.75) is 178 Å². The summed E-state index contributed by atoms with van der Waals surface area (Å²) in [5.41, 5.74) is 2.26. The van der Waals surface area contributed by atoms with Gasteiger partial charge in [-0.15, -0.1) is 0 Å². The molecule has 6 rings (SSSR count). The molecule has 0 aliphatic carbocycles. The molecule has 3 amide bonds. The number of nitrogens with zero attached hydrogens (tertiary/aromatic N) is 2. The lowest BCUT2D eigenvalue weighted by molar-refractivity contribution is -0.197. The highest BCUT2D eigenvalue weighted by atomic mass is 32.2. The van der Waals surface area contributed by atoms with Crippen LogP contribution in [-0.2, 0) is 113 Å². The van der Waals surface area contributed by atoms with Crippen molar-refractivity contribution in [2.75, 3.05) is 77.9 Å². The largest absolute Gasteiger partial charge is 0.748 e. The van der Waals surface area contributed by atoms with Crippen LogP contribution < -0.4 is 34.1 Å². The maximum atomic E-state index is 13.2. The number of benzene rings is 6. The van der Waals surface area contributed by atoms with E-state index in [1.165, 1.54) is 138 Å². The molecule has 0 saturated carbocycles. The van der Waals surface area contributed by atoms with Gasteiger partial charge in [-0.1, -0.05) is 30.3 Å². The summed E-state index contributed by atoms with van der Waals surface area (Å²) >= 11 is 0. The summed E-state index contributed by atoms with van der Waals surface area (Å²) in [7, 11) is -26.5. The molecule has 0 aromatic heterocycles. The van der Waals surface area contributed by atoms with E-state index in [0.717, 1.165) is 47.9 Å². The molecule has 6 aromatic carbocycles. The molecule has 0 saturated heterocycles. The van der Waals surface area contributed by atoms with Crippen molar-refractivity contribution in [3.05, 3.63) is 168 Å². The SMILES string of the molecule is CC(=O)N(C)c1c(C)c(C(=O)OC(CS(=O)(=O)[O-])C(F)(F)F)c(C)c(N(C)C(C)=O)c1C.CC(=O)Nc1c(C)cc(C)c(C(=O)OC(CS(=O)(=O)[O-])C(F)(F)F)c1C.CC(=O)Oc1cc(C(=O)OC(CS(=O)(=O)[O-])C(F)(F)F)ccc1C.CC(=O)Oc1cc(C)ccc1C(=O)OC(CS(=O)(=O)[O-])C(F)(F)F.COc1cc(C(=O)OC(CS(=O)(=O)[O-])C(F)(F)F)ccc1C.COc1cc(C)ccc1C(=O)OC(CS(=O)(=O)[O-])C(F)(F)F. The second-order valence-corrected chi connectivity index (χ2v) is 39.9. The highest BCUT2D eigenvalue weighted by molar-refractivity contribution is 7.87. The van der Waals surface area contributed by atoms with Gasteiger partial charge in [-0.05, 0) is 173 Å². The van der Waals surface area contributed by atoms with E-state index in [1.54, 1.807) is 34.6 Å². The number of alkyl halides is 18. The molecule has 842 valence electrons. The first-order valence-corrected chi connectivity index (χ1v) is 50.0. The van der Waals surface area contributed by atoms with E-state index >= 15 is 0 Å². The topological polar surface area (TPSA) is 642 Å². The van der Waals surface area contributed by atoms with Gasteiger partial charge in [0.1, 0.15) is 34.1 Å². The van der Waals surface area contributed by atoms with Gasteiger partial charge in [0, 0.05) is 54.4 Å². The van der Waals surface area contributed by atoms with Gasteiger partial charge in [0.25, 0.3) is 0 Å². The van der Waals surface area contributed by atoms with E-state index in [9.17, 15) is 210 Å². The van der Waals surface area contributed by atoms with Crippen LogP contribution in [0.2, 0.25) is 0 Å². The third kappa shape index (κ3) is 46.4. The number of ether oxygens (including phenoxy) is 10. The van der Waals surface area contributed by atoms with E-state index in [2.05, 4.69) is 33.7 Å². The summed E-state index contributed by atoms with van der Waals surface area (Å²) in [5, 5.41) is 2.47. The Balaban J connectivity index is 0.000000904. The maximum absolute atomic E-state index is 13.2. The van der Waals surface area contributed by atoms with E-state index in [1.807, 2.05) is 0 Å². The molecule has 0 spiro atoms. The predicted octanol–water partition coefficient (Wildman–Crippen LogP) is 10.8. The van der Waals surface area contributed by atoms with E-state index < -0.39 is 246 Å². The zero-order valence-electron chi connectivity index (χ0n) is 80.8. The number of methoxy groups -OCH3 is 2. The van der Waals surface area contributed by atoms with Crippen LogP contribution in [0.15, 0.2) is 78.9 Å². The fraction of sp³-hybridized carbons (Fsp3) is 0.440. The average molecular weight is 2300 g/mol. The van der Waals surface area contributed by atoms with Crippen molar-refractivity contribution >= 4 is 143 Å². The first-order valence-electron chi connectivity index (χ1n) is 40.6. The summed E-state index contributed by atoms with van der Waals surface area (Å²) in [4.78, 5) is 132. The number of carbonyl (C=O) groups excluding carboxylic acids is 11. The Morgan fingerprint density at radius 3 is 0.840 bits per heavy atom. The quantitative estimate of drug-likeness (QED) is 0.0139. The molecule has 6 aromatic rings. The van der Waals surface area contributed by atoms with Crippen LogP contribution in [0.5, 0.6) is 23.0 Å². The van der Waals surface area contributed by atoms with Crippen LogP contribution in [0.4, 0.5) is 96.1 Å². The molecule has 0 aliphatic heterocycles. The molecule has 150 heavy (non-hydrogen) atoms. The van der Waals surface area contributed by atoms with Gasteiger partial charge < -0.3 is 89.8 Å². The van der Waals surface area contributed by atoms with Crippen LogP contribution in [0.25, 0.3) is 0 Å². The molecule has 6 atom stereocenters.